The highest BCUT2D eigenvalue weighted by Gasteiger charge is 2.35. The second kappa shape index (κ2) is 7.67. The average molecular weight is 436 g/mol. The van der Waals surface area contributed by atoms with Crippen molar-refractivity contribution in [2.45, 2.75) is 18.9 Å². The summed E-state index contributed by atoms with van der Waals surface area (Å²) in [4.78, 5) is 28.9. The largest absolute Gasteiger partial charge is 0.327 e. The van der Waals surface area contributed by atoms with E-state index in [0.717, 1.165) is 24.3 Å². The average Bonchev–Trinajstić information content (AvgIpc) is 3.52. The maximum Gasteiger partial charge on any atom is 0.279 e. The number of nitrogens with zero attached hydrogens (tertiary/aromatic N) is 6. The molecule has 0 radical (unpaired) electrons. The van der Waals surface area contributed by atoms with Gasteiger partial charge in [-0.15, -0.1) is 10.2 Å². The molecule has 0 aliphatic carbocycles. The van der Waals surface area contributed by atoms with Crippen LogP contribution in [0.2, 0.25) is 0 Å². The van der Waals surface area contributed by atoms with Gasteiger partial charge in [0.2, 0.25) is 0 Å². The van der Waals surface area contributed by atoms with Crippen LogP contribution in [0, 0.1) is 0 Å². The van der Waals surface area contributed by atoms with E-state index in [1.165, 1.54) is 4.68 Å². The number of para-hydroxylation sites is 1. The van der Waals surface area contributed by atoms with Gasteiger partial charge < -0.3 is 4.90 Å². The van der Waals surface area contributed by atoms with Gasteiger partial charge in [0.25, 0.3) is 11.5 Å². The summed E-state index contributed by atoms with van der Waals surface area (Å²) in [6.45, 7) is 0.589. The van der Waals surface area contributed by atoms with Crippen molar-refractivity contribution in [3.8, 4) is 5.69 Å². The molecule has 0 N–H and O–H groups in total. The summed E-state index contributed by atoms with van der Waals surface area (Å²) < 4.78 is 3.24. The van der Waals surface area contributed by atoms with E-state index in [-0.39, 0.29) is 23.2 Å². The van der Waals surface area contributed by atoms with Gasteiger partial charge in [0, 0.05) is 18.1 Å². The molecule has 1 aliphatic rings. The van der Waals surface area contributed by atoms with Crippen LogP contribution in [0.15, 0.2) is 83.8 Å². The zero-order valence-corrected chi connectivity index (χ0v) is 17.7. The van der Waals surface area contributed by atoms with E-state index in [4.69, 9.17) is 0 Å². The number of aromatic nitrogens is 5. The minimum Gasteiger partial charge on any atom is -0.327 e. The molecule has 2 aromatic carbocycles. The summed E-state index contributed by atoms with van der Waals surface area (Å²) >= 11 is 0. The Morgan fingerprint density at radius 1 is 0.879 bits per heavy atom. The van der Waals surface area contributed by atoms with Crippen LogP contribution in [0.3, 0.4) is 0 Å². The number of rotatable bonds is 3. The van der Waals surface area contributed by atoms with Crippen molar-refractivity contribution in [1.82, 2.24) is 29.3 Å². The standard InChI is InChI=1S/C25H20N6O2/c32-24-19-12-5-4-11-18(19)22(28-31(24)17-9-2-1-3-10-17)25(33)29-16-8-13-20(29)23-27-26-21-14-6-7-15-30(21)23/h1-7,9-12,14-15,20H,8,13,16H2/t20-/m1/s1. The lowest BCUT2D eigenvalue weighted by Crippen LogP contribution is -2.34. The molecule has 1 atom stereocenters. The van der Waals surface area contributed by atoms with E-state index in [2.05, 4.69) is 15.3 Å². The van der Waals surface area contributed by atoms with Gasteiger partial charge in [0.15, 0.2) is 17.2 Å². The summed E-state index contributed by atoms with van der Waals surface area (Å²) in [5.41, 5.74) is 1.36. The first-order valence-corrected chi connectivity index (χ1v) is 10.9. The fraction of sp³-hybridized carbons (Fsp3) is 0.160. The SMILES string of the molecule is O=C(c1nn(-c2ccccc2)c(=O)c2ccccc12)N1CCC[C@@H]1c1nnc2ccccn12. The van der Waals surface area contributed by atoms with Gasteiger partial charge in [0.1, 0.15) is 0 Å². The molecule has 4 heterocycles. The van der Waals surface area contributed by atoms with Crippen LogP contribution in [0.25, 0.3) is 22.1 Å². The highest BCUT2D eigenvalue weighted by molar-refractivity contribution is 6.05. The maximum absolute atomic E-state index is 13.9. The maximum atomic E-state index is 13.9. The van der Waals surface area contributed by atoms with Gasteiger partial charge in [-0.3, -0.25) is 14.0 Å². The molecule has 1 amide bonds. The Balaban J connectivity index is 1.49. The summed E-state index contributed by atoms with van der Waals surface area (Å²) in [5.74, 6) is 0.517. The number of amides is 1. The zero-order chi connectivity index (χ0) is 22.4. The number of carbonyl (C=O) groups is 1. The van der Waals surface area contributed by atoms with Crippen LogP contribution in [-0.2, 0) is 0 Å². The van der Waals surface area contributed by atoms with Crippen molar-refractivity contribution in [1.29, 1.82) is 0 Å². The molecule has 33 heavy (non-hydrogen) atoms. The van der Waals surface area contributed by atoms with Crippen LogP contribution < -0.4 is 5.56 Å². The molecule has 0 unspecified atom stereocenters. The summed E-state index contributed by atoms with van der Waals surface area (Å²) in [6, 6.07) is 21.8. The number of likely N-dealkylation sites (tertiary alicyclic amines) is 1. The van der Waals surface area contributed by atoms with Crippen molar-refractivity contribution >= 4 is 22.3 Å². The number of carbonyl (C=O) groups excluding carboxylic acids is 1. The molecule has 3 aromatic heterocycles. The second-order valence-corrected chi connectivity index (χ2v) is 8.09. The Bertz CT molecular complexity index is 1560. The first-order valence-electron chi connectivity index (χ1n) is 10.9. The molecule has 0 bridgehead atoms. The minimum atomic E-state index is -0.255. The number of benzene rings is 2. The van der Waals surface area contributed by atoms with Gasteiger partial charge in [-0.25, -0.2) is 0 Å². The Kier molecular flexibility index (Phi) is 4.50. The van der Waals surface area contributed by atoms with Crippen molar-refractivity contribution < 1.29 is 4.79 Å². The predicted octanol–water partition coefficient (Wildman–Crippen LogP) is 3.41. The highest BCUT2D eigenvalue weighted by atomic mass is 16.2. The lowest BCUT2D eigenvalue weighted by atomic mass is 10.1. The van der Waals surface area contributed by atoms with Crippen LogP contribution in [0.5, 0.6) is 0 Å². The summed E-state index contributed by atoms with van der Waals surface area (Å²) in [6.07, 6.45) is 3.56. The second-order valence-electron chi connectivity index (χ2n) is 8.09. The molecule has 1 saturated heterocycles. The predicted molar refractivity (Wildman–Crippen MR) is 123 cm³/mol. The monoisotopic (exact) mass is 436 g/mol. The van der Waals surface area contributed by atoms with E-state index in [9.17, 15) is 9.59 Å². The minimum absolute atomic E-state index is 0.215. The molecular weight excluding hydrogens is 416 g/mol. The summed E-state index contributed by atoms with van der Waals surface area (Å²) in [7, 11) is 0. The molecule has 0 spiro atoms. The Morgan fingerprint density at radius 2 is 1.64 bits per heavy atom. The van der Waals surface area contributed by atoms with Gasteiger partial charge in [-0.1, -0.05) is 42.5 Å². The molecular formula is C25H20N6O2. The van der Waals surface area contributed by atoms with Crippen molar-refractivity contribution in [3.05, 3.63) is 101 Å². The Labute approximate surface area is 188 Å². The quantitative estimate of drug-likeness (QED) is 0.433. The zero-order valence-electron chi connectivity index (χ0n) is 17.7. The molecule has 0 saturated carbocycles. The van der Waals surface area contributed by atoms with Crippen molar-refractivity contribution in [2.24, 2.45) is 0 Å². The van der Waals surface area contributed by atoms with Crippen molar-refractivity contribution in [2.75, 3.05) is 6.54 Å². The van der Waals surface area contributed by atoms with Crippen LogP contribution >= 0.6 is 0 Å². The van der Waals surface area contributed by atoms with E-state index in [1.807, 2.05) is 53.1 Å². The molecule has 5 aromatic rings. The summed E-state index contributed by atoms with van der Waals surface area (Å²) in [5, 5.41) is 14.2. The normalized spacial score (nSPS) is 16.0. The highest BCUT2D eigenvalue weighted by Crippen LogP contribution is 2.33. The Morgan fingerprint density at radius 3 is 2.48 bits per heavy atom. The number of fused-ring (bicyclic) bond motifs is 2. The third-order valence-electron chi connectivity index (χ3n) is 6.16. The number of pyridine rings is 1. The fourth-order valence-corrected chi connectivity index (χ4v) is 4.59. The Hall–Kier alpha value is -4.33. The van der Waals surface area contributed by atoms with Crippen LogP contribution in [0.1, 0.15) is 35.2 Å². The van der Waals surface area contributed by atoms with Gasteiger partial charge in [0.05, 0.1) is 17.1 Å². The fourth-order valence-electron chi connectivity index (χ4n) is 4.59. The first-order chi connectivity index (χ1) is 16.2. The molecule has 6 rings (SSSR count). The first kappa shape index (κ1) is 19.4. The number of hydrogen-bond acceptors (Lipinski definition) is 5. The van der Waals surface area contributed by atoms with Gasteiger partial charge >= 0.3 is 0 Å². The molecule has 1 aliphatic heterocycles. The topological polar surface area (TPSA) is 85.4 Å². The molecule has 162 valence electrons. The van der Waals surface area contributed by atoms with Gasteiger partial charge in [-0.05, 0) is 43.2 Å². The molecule has 8 nitrogen and oxygen atoms in total. The van der Waals surface area contributed by atoms with Crippen LogP contribution in [-0.4, -0.2) is 41.7 Å². The van der Waals surface area contributed by atoms with Gasteiger partial charge in [-0.2, -0.15) is 9.78 Å². The number of hydrogen-bond donors (Lipinski definition) is 0. The smallest absolute Gasteiger partial charge is 0.279 e. The van der Waals surface area contributed by atoms with E-state index in [1.54, 1.807) is 35.2 Å². The molecule has 1 fully saturated rings. The van der Waals surface area contributed by atoms with E-state index in [0.29, 0.717) is 23.0 Å². The van der Waals surface area contributed by atoms with E-state index >= 15 is 0 Å². The lowest BCUT2D eigenvalue weighted by molar-refractivity contribution is 0.0723. The lowest BCUT2D eigenvalue weighted by Gasteiger charge is -2.24. The third kappa shape index (κ3) is 3.10. The van der Waals surface area contributed by atoms with E-state index < -0.39 is 0 Å². The van der Waals surface area contributed by atoms with Crippen molar-refractivity contribution in [3.63, 3.8) is 0 Å². The third-order valence-corrected chi connectivity index (χ3v) is 6.16. The van der Waals surface area contributed by atoms with Crippen LogP contribution in [0.4, 0.5) is 0 Å². The molecule has 8 heteroatoms.